The van der Waals surface area contributed by atoms with Crippen LogP contribution in [0.5, 0.6) is 0 Å². The highest BCUT2D eigenvalue weighted by Gasteiger charge is 2.25. The van der Waals surface area contributed by atoms with Crippen LogP contribution in [0.4, 0.5) is 0 Å². The Morgan fingerprint density at radius 1 is 0.923 bits per heavy atom. The van der Waals surface area contributed by atoms with Gasteiger partial charge < -0.3 is 9.30 Å². The lowest BCUT2D eigenvalue weighted by molar-refractivity contribution is 0.0855. The van der Waals surface area contributed by atoms with E-state index in [0.717, 1.165) is 76.5 Å². The number of rotatable bonds is 4. The van der Waals surface area contributed by atoms with Crippen molar-refractivity contribution in [1.82, 2.24) is 38.0 Å². The summed E-state index contributed by atoms with van der Waals surface area (Å²) in [5.41, 5.74) is 8.88. The van der Waals surface area contributed by atoms with Crippen LogP contribution in [-0.4, -0.2) is 51.2 Å². The Balaban J connectivity index is 1.52. The molecule has 0 amide bonds. The fourth-order valence-corrected chi connectivity index (χ4v) is 5.96. The van der Waals surface area contributed by atoms with Gasteiger partial charge >= 0.3 is 5.69 Å². The predicted molar refractivity (Wildman–Crippen MR) is 150 cm³/mol. The zero-order valence-electron chi connectivity index (χ0n) is 22.5. The first-order valence-corrected chi connectivity index (χ1v) is 13.2. The Kier molecular flexibility index (Phi) is 5.34. The maximum absolute atomic E-state index is 13.1. The minimum absolute atomic E-state index is 0.0288. The molecule has 0 radical (unpaired) electrons. The van der Waals surface area contributed by atoms with Crippen molar-refractivity contribution < 1.29 is 4.74 Å². The minimum atomic E-state index is -0.0288. The van der Waals surface area contributed by atoms with Gasteiger partial charge in [-0.3, -0.25) is 18.4 Å². The summed E-state index contributed by atoms with van der Waals surface area (Å²) in [5, 5.41) is 4.34. The molecule has 0 atom stereocenters. The van der Waals surface area contributed by atoms with Crippen LogP contribution >= 0.6 is 0 Å². The van der Waals surface area contributed by atoms with Crippen LogP contribution in [0.2, 0.25) is 0 Å². The molecular formula is C29H30N8O2. The van der Waals surface area contributed by atoms with E-state index in [4.69, 9.17) is 9.72 Å². The molecule has 0 saturated carbocycles. The fraction of sp³-hybridized carbons (Fsp3) is 0.310. The van der Waals surface area contributed by atoms with Crippen LogP contribution < -0.4 is 5.69 Å². The average molecular weight is 523 g/mol. The van der Waals surface area contributed by atoms with Gasteiger partial charge in [0, 0.05) is 53.2 Å². The summed E-state index contributed by atoms with van der Waals surface area (Å²) in [7, 11) is 7.60. The summed E-state index contributed by atoms with van der Waals surface area (Å²) in [4.78, 5) is 22.6. The monoisotopic (exact) mass is 522 g/mol. The smallest absolute Gasteiger partial charge is 0.328 e. The number of fused-ring (bicyclic) bond motifs is 2. The quantitative estimate of drug-likeness (QED) is 0.350. The van der Waals surface area contributed by atoms with Crippen molar-refractivity contribution in [2.75, 3.05) is 13.2 Å². The van der Waals surface area contributed by atoms with Gasteiger partial charge in [-0.05, 0) is 54.2 Å². The van der Waals surface area contributed by atoms with Crippen molar-refractivity contribution in [3.05, 3.63) is 71.3 Å². The predicted octanol–water partition coefficient (Wildman–Crippen LogP) is 3.91. The molecule has 10 nitrogen and oxygen atoms in total. The lowest BCUT2D eigenvalue weighted by Gasteiger charge is -2.24. The number of hydrogen-bond donors (Lipinski definition) is 0. The molecule has 0 unspecified atom stereocenters. The van der Waals surface area contributed by atoms with Gasteiger partial charge in [-0.15, -0.1) is 0 Å². The highest BCUT2D eigenvalue weighted by atomic mass is 16.5. The van der Waals surface area contributed by atoms with Gasteiger partial charge in [0.2, 0.25) is 0 Å². The van der Waals surface area contributed by atoms with E-state index in [-0.39, 0.29) is 5.69 Å². The van der Waals surface area contributed by atoms with Gasteiger partial charge in [0.1, 0.15) is 5.69 Å². The topological polar surface area (TPSA) is 89.6 Å². The van der Waals surface area contributed by atoms with Gasteiger partial charge in [0.25, 0.3) is 0 Å². The maximum Gasteiger partial charge on any atom is 0.328 e. The second-order valence-electron chi connectivity index (χ2n) is 10.5. The summed E-state index contributed by atoms with van der Waals surface area (Å²) < 4.78 is 15.2. The van der Waals surface area contributed by atoms with Crippen molar-refractivity contribution in [3.63, 3.8) is 0 Å². The van der Waals surface area contributed by atoms with E-state index >= 15 is 0 Å². The van der Waals surface area contributed by atoms with Crippen LogP contribution in [0.25, 0.3) is 50.4 Å². The van der Waals surface area contributed by atoms with E-state index in [1.807, 2.05) is 51.3 Å². The van der Waals surface area contributed by atoms with Crippen LogP contribution in [-0.2, 0) is 32.9 Å². The van der Waals surface area contributed by atoms with Crippen LogP contribution in [0.1, 0.15) is 24.3 Å². The Labute approximate surface area is 224 Å². The second-order valence-corrected chi connectivity index (χ2v) is 10.5. The lowest BCUT2D eigenvalue weighted by atomic mass is 9.90. The third-order valence-corrected chi connectivity index (χ3v) is 8.03. The molecule has 4 aromatic heterocycles. The zero-order chi connectivity index (χ0) is 26.8. The Hall–Kier alpha value is -4.44. The molecule has 1 aliphatic heterocycles. The third-order valence-electron chi connectivity index (χ3n) is 8.03. The number of aromatic nitrogens is 8. The van der Waals surface area contributed by atoms with Crippen molar-refractivity contribution >= 4 is 22.1 Å². The number of imidazole rings is 3. The van der Waals surface area contributed by atoms with E-state index in [1.165, 1.54) is 5.56 Å². The van der Waals surface area contributed by atoms with Gasteiger partial charge in [-0.1, -0.05) is 6.07 Å². The summed E-state index contributed by atoms with van der Waals surface area (Å²) in [6.07, 6.45) is 9.35. The molecule has 0 bridgehead atoms. The first-order chi connectivity index (χ1) is 18.9. The summed E-state index contributed by atoms with van der Waals surface area (Å²) in [6.45, 7) is 1.45. The first-order valence-electron chi connectivity index (χ1n) is 13.2. The molecular weight excluding hydrogens is 492 g/mol. The summed E-state index contributed by atoms with van der Waals surface area (Å²) in [6, 6.07) is 10.7. The molecule has 1 aliphatic rings. The van der Waals surface area contributed by atoms with E-state index in [1.54, 1.807) is 20.1 Å². The molecule has 5 heterocycles. The molecule has 10 heteroatoms. The van der Waals surface area contributed by atoms with Crippen LogP contribution in [0.15, 0.2) is 60.0 Å². The maximum atomic E-state index is 13.1. The highest BCUT2D eigenvalue weighted by molar-refractivity contribution is 5.89. The molecule has 0 N–H and O–H groups in total. The van der Waals surface area contributed by atoms with Crippen LogP contribution in [0.3, 0.4) is 0 Å². The Bertz CT molecular complexity index is 1930. The SMILES string of the molecule is Cn1cc(-c2ccc3c(c2)nc(-c2cncn2C)n3-c2cc(C3CCOCC3)c3c(c2)n(C)c(=O)n3C)cn1. The lowest BCUT2D eigenvalue weighted by Crippen LogP contribution is -2.20. The summed E-state index contributed by atoms with van der Waals surface area (Å²) in [5.74, 6) is 1.10. The normalized spacial score (nSPS) is 14.7. The summed E-state index contributed by atoms with van der Waals surface area (Å²) >= 11 is 0. The molecule has 2 aromatic carbocycles. The van der Waals surface area contributed by atoms with Crippen molar-refractivity contribution in [3.8, 4) is 28.3 Å². The minimum Gasteiger partial charge on any atom is -0.381 e. The molecule has 6 aromatic rings. The highest BCUT2D eigenvalue weighted by Crippen LogP contribution is 2.37. The number of ether oxygens (including phenoxy) is 1. The number of nitrogens with zero attached hydrogens (tertiary/aromatic N) is 8. The Morgan fingerprint density at radius 3 is 2.46 bits per heavy atom. The largest absolute Gasteiger partial charge is 0.381 e. The van der Waals surface area contributed by atoms with E-state index < -0.39 is 0 Å². The molecule has 198 valence electrons. The fourth-order valence-electron chi connectivity index (χ4n) is 5.96. The third kappa shape index (κ3) is 3.66. The number of hydrogen-bond acceptors (Lipinski definition) is 5. The van der Waals surface area contributed by atoms with Crippen molar-refractivity contribution in [2.24, 2.45) is 28.2 Å². The first kappa shape index (κ1) is 23.7. The van der Waals surface area contributed by atoms with Crippen molar-refractivity contribution in [2.45, 2.75) is 18.8 Å². The molecule has 1 fully saturated rings. The Morgan fingerprint density at radius 2 is 1.74 bits per heavy atom. The molecule has 0 aliphatic carbocycles. The van der Waals surface area contributed by atoms with Gasteiger partial charge in [0.05, 0.1) is 46.5 Å². The molecule has 0 spiro atoms. The zero-order valence-corrected chi connectivity index (χ0v) is 22.5. The molecule has 1 saturated heterocycles. The van der Waals surface area contributed by atoms with E-state index in [2.05, 4.69) is 45.0 Å². The van der Waals surface area contributed by atoms with E-state index in [0.29, 0.717) is 5.92 Å². The number of benzene rings is 2. The van der Waals surface area contributed by atoms with Crippen molar-refractivity contribution in [1.29, 1.82) is 0 Å². The van der Waals surface area contributed by atoms with E-state index in [9.17, 15) is 4.79 Å². The van der Waals surface area contributed by atoms with Crippen LogP contribution in [0, 0.1) is 0 Å². The van der Waals surface area contributed by atoms with Gasteiger partial charge in [-0.25, -0.2) is 14.8 Å². The van der Waals surface area contributed by atoms with Gasteiger partial charge in [-0.2, -0.15) is 5.10 Å². The molecule has 7 rings (SSSR count). The molecule has 39 heavy (non-hydrogen) atoms. The second kappa shape index (κ2) is 8.81. The number of aryl methyl sites for hydroxylation is 4. The van der Waals surface area contributed by atoms with Gasteiger partial charge in [0.15, 0.2) is 5.82 Å². The average Bonchev–Trinajstić information content (AvgIpc) is 3.72. The standard InChI is InChI=1S/C29H30N8O2/c1-33-17-30-15-26(33)28-32-23-11-19(20-14-31-34(2)16-20)5-6-24(23)37(28)21-12-22(18-7-9-39-10-8-18)27-25(13-21)35(3)29(38)36(27)4/h5-6,11-18H,7-10H2,1-4H3.